The molecule has 2 aromatic heterocycles. The first kappa shape index (κ1) is 38.8. The van der Waals surface area contributed by atoms with E-state index in [4.69, 9.17) is 5.41 Å². The Morgan fingerprint density at radius 3 is 1.71 bits per heavy atom. The van der Waals surface area contributed by atoms with Gasteiger partial charge in [0.2, 0.25) is 0 Å². The summed E-state index contributed by atoms with van der Waals surface area (Å²) in [5.41, 5.74) is 6.02. The molecule has 41 heavy (non-hydrogen) atoms. The van der Waals surface area contributed by atoms with Gasteiger partial charge in [-0.3, -0.25) is 4.99 Å². The number of aryl methyl sites for hydroxylation is 2. The summed E-state index contributed by atoms with van der Waals surface area (Å²) >= 11 is 0. The number of aliphatic imine (C=N–C) groups is 1. The minimum atomic E-state index is 0. The van der Waals surface area contributed by atoms with E-state index in [1.807, 2.05) is 39.3 Å². The largest absolute Gasteiger partial charge is 0.348 e. The second kappa shape index (κ2) is 15.8. The van der Waals surface area contributed by atoms with Gasteiger partial charge in [0.1, 0.15) is 12.2 Å². The summed E-state index contributed by atoms with van der Waals surface area (Å²) in [6, 6.07) is 4.65. The minimum absolute atomic E-state index is 0. The third-order valence-corrected chi connectivity index (χ3v) is 7.40. The minimum Gasteiger partial charge on any atom is -0.348 e. The van der Waals surface area contributed by atoms with E-state index in [0.717, 1.165) is 18.1 Å². The molecule has 6 heteroatoms. The molecule has 0 saturated carbocycles. The average molecular weight is 571 g/mol. The summed E-state index contributed by atoms with van der Waals surface area (Å²) in [5.74, 6) is 1.02. The molecule has 2 aliphatic rings. The molecular formula is C35H66N6. The summed E-state index contributed by atoms with van der Waals surface area (Å²) in [7, 11) is 1.96. The Balaban J connectivity index is 0.000000534. The van der Waals surface area contributed by atoms with Gasteiger partial charge in [-0.15, -0.1) is 10.2 Å². The lowest BCUT2D eigenvalue weighted by molar-refractivity contribution is 0.506. The molecule has 0 amide bonds. The van der Waals surface area contributed by atoms with Crippen LogP contribution in [0.2, 0.25) is 0 Å². The van der Waals surface area contributed by atoms with Crippen molar-refractivity contribution in [3.8, 4) is 0 Å². The first-order valence-corrected chi connectivity index (χ1v) is 15.3. The number of aromatic nitrogens is 4. The maximum atomic E-state index is 7.15. The molecule has 4 rings (SSSR count). The van der Waals surface area contributed by atoms with Crippen molar-refractivity contribution in [2.24, 2.45) is 22.9 Å². The summed E-state index contributed by atoms with van der Waals surface area (Å²) in [5, 5.41) is 14.9. The van der Waals surface area contributed by atoms with Crippen molar-refractivity contribution in [1.82, 2.24) is 19.3 Å². The summed E-state index contributed by atoms with van der Waals surface area (Å²) in [6.07, 6.45) is 9.61. The highest BCUT2D eigenvalue weighted by Gasteiger charge is 2.22. The Morgan fingerprint density at radius 2 is 1.37 bits per heavy atom. The molecule has 6 nitrogen and oxygen atoms in total. The number of rotatable bonds is 0. The molecular weight excluding hydrogens is 504 g/mol. The van der Waals surface area contributed by atoms with Crippen molar-refractivity contribution >= 4 is 11.4 Å². The van der Waals surface area contributed by atoms with Gasteiger partial charge in [-0.1, -0.05) is 96.9 Å². The predicted octanol–water partition coefficient (Wildman–Crippen LogP) is 9.60. The molecule has 0 aliphatic carbocycles. The van der Waals surface area contributed by atoms with E-state index in [2.05, 4.69) is 94.2 Å². The Morgan fingerprint density at radius 1 is 0.780 bits per heavy atom. The fourth-order valence-electron chi connectivity index (χ4n) is 4.51. The molecule has 0 bridgehead atoms. The lowest BCUT2D eigenvalue weighted by Crippen LogP contribution is -2.18. The number of hydrogen-bond donors (Lipinski definition) is 1. The van der Waals surface area contributed by atoms with Gasteiger partial charge in [-0.25, -0.2) is 0 Å². The highest BCUT2D eigenvalue weighted by Crippen LogP contribution is 2.28. The van der Waals surface area contributed by atoms with Crippen molar-refractivity contribution in [3.63, 3.8) is 0 Å². The molecule has 0 unspecified atom stereocenters. The fraction of sp³-hybridized carbons (Fsp3) is 0.771. The van der Waals surface area contributed by atoms with Crippen LogP contribution in [0.4, 0.5) is 0 Å². The first-order chi connectivity index (χ1) is 18.2. The van der Waals surface area contributed by atoms with Crippen LogP contribution in [0.5, 0.6) is 0 Å². The van der Waals surface area contributed by atoms with Gasteiger partial charge in [0.25, 0.3) is 0 Å². The van der Waals surface area contributed by atoms with E-state index < -0.39 is 0 Å². The lowest BCUT2D eigenvalue weighted by atomic mass is 9.88. The van der Waals surface area contributed by atoms with E-state index in [0.29, 0.717) is 10.8 Å². The van der Waals surface area contributed by atoms with Crippen molar-refractivity contribution in [1.29, 1.82) is 5.41 Å². The van der Waals surface area contributed by atoms with Crippen molar-refractivity contribution in [3.05, 3.63) is 35.7 Å². The van der Waals surface area contributed by atoms with Gasteiger partial charge in [0.15, 0.2) is 0 Å². The molecule has 2 aliphatic heterocycles. The monoisotopic (exact) mass is 571 g/mol. The summed E-state index contributed by atoms with van der Waals surface area (Å²) < 4.78 is 4.49. The predicted molar refractivity (Wildman–Crippen MR) is 181 cm³/mol. The third-order valence-electron chi connectivity index (χ3n) is 7.40. The zero-order valence-electron chi connectivity index (χ0n) is 28.6. The van der Waals surface area contributed by atoms with Crippen LogP contribution in [0.3, 0.4) is 0 Å². The van der Waals surface area contributed by atoms with E-state index >= 15 is 0 Å². The zero-order valence-corrected chi connectivity index (χ0v) is 28.6. The SMILES string of the molecule is C.CC(=N)C(C)(C)C.CC(C)(C)C1=NCCC1.CC(C)(C)c1ccc2n1CCCCC2.Cn1cnnc1C(C)(C)C. The Kier molecular flexibility index (Phi) is 15.0. The zero-order chi connectivity index (χ0) is 30.9. The molecule has 0 atom stereocenters. The maximum absolute atomic E-state index is 7.15. The van der Waals surface area contributed by atoms with Gasteiger partial charge >= 0.3 is 0 Å². The highest BCUT2D eigenvalue weighted by atomic mass is 15.3. The van der Waals surface area contributed by atoms with Crippen LogP contribution in [0.15, 0.2) is 23.5 Å². The highest BCUT2D eigenvalue weighted by molar-refractivity contribution is 5.90. The smallest absolute Gasteiger partial charge is 0.137 e. The summed E-state index contributed by atoms with van der Waals surface area (Å²) in [6.45, 7) is 30.2. The Hall–Kier alpha value is -2.24. The van der Waals surface area contributed by atoms with Crippen molar-refractivity contribution in [2.45, 2.75) is 153 Å². The Labute approximate surface area is 254 Å². The van der Waals surface area contributed by atoms with Crippen molar-refractivity contribution < 1.29 is 0 Å². The molecule has 0 saturated heterocycles. The third kappa shape index (κ3) is 13.5. The second-order valence-corrected chi connectivity index (χ2v) is 15.5. The van der Waals surface area contributed by atoms with E-state index in [9.17, 15) is 0 Å². The number of hydrogen-bond acceptors (Lipinski definition) is 4. The van der Waals surface area contributed by atoms with Gasteiger partial charge in [-0.2, -0.15) is 0 Å². The molecule has 2 aromatic rings. The topological polar surface area (TPSA) is 71.8 Å². The van der Waals surface area contributed by atoms with E-state index in [1.54, 1.807) is 12.0 Å². The number of fused-ring (bicyclic) bond motifs is 1. The first-order valence-electron chi connectivity index (χ1n) is 15.3. The average Bonchev–Trinajstić information content (AvgIpc) is 3.52. The van der Waals surface area contributed by atoms with Crippen LogP contribution in [0, 0.1) is 16.2 Å². The Bertz CT molecular complexity index is 1070. The second-order valence-electron chi connectivity index (χ2n) is 15.5. The quantitative estimate of drug-likeness (QED) is 0.320. The van der Waals surface area contributed by atoms with Gasteiger partial charge in [-0.05, 0) is 62.0 Å². The van der Waals surface area contributed by atoms with Crippen LogP contribution in [0.25, 0.3) is 0 Å². The molecule has 236 valence electrons. The molecule has 0 fully saturated rings. The van der Waals surface area contributed by atoms with Gasteiger partial charge < -0.3 is 14.5 Å². The molecule has 0 spiro atoms. The van der Waals surface area contributed by atoms with Crippen molar-refractivity contribution in [2.75, 3.05) is 6.54 Å². The number of nitrogens with one attached hydrogen (secondary N) is 1. The molecule has 4 heterocycles. The van der Waals surface area contributed by atoms with Gasteiger partial charge in [0.05, 0.1) is 0 Å². The normalized spacial score (nSPS) is 15.3. The molecule has 0 aromatic carbocycles. The number of nitrogens with zero attached hydrogens (tertiary/aromatic N) is 5. The fourth-order valence-corrected chi connectivity index (χ4v) is 4.51. The van der Waals surface area contributed by atoms with E-state index in [1.165, 1.54) is 56.5 Å². The lowest BCUT2D eigenvalue weighted by Gasteiger charge is -2.22. The summed E-state index contributed by atoms with van der Waals surface area (Å²) in [4.78, 5) is 4.42. The van der Waals surface area contributed by atoms with Crippen LogP contribution < -0.4 is 0 Å². The van der Waals surface area contributed by atoms with Gasteiger partial charge in [0, 0.05) is 53.8 Å². The maximum Gasteiger partial charge on any atom is 0.137 e. The standard InChI is InChI=1S/C13H21N.C8H15N.C7H13N3.C6H13N.CH4/c1-13(2,3)12-9-8-11-7-5-4-6-10-14(11)12;1-8(2,3)7-5-4-6-9-7;1-7(2,3)6-9-8-5-10(6)4;1-5(7)6(2,3)4;/h8-9H,4-7,10H2,1-3H3;4-6H2,1-3H3;5H,1-4H3;7H,1-4H3;1H4. The van der Waals surface area contributed by atoms with E-state index in [-0.39, 0.29) is 18.3 Å². The molecule has 1 N–H and O–H groups in total. The van der Waals surface area contributed by atoms with Crippen LogP contribution in [0.1, 0.15) is 147 Å². The van der Waals surface area contributed by atoms with Crippen LogP contribution in [-0.4, -0.2) is 37.3 Å². The molecule has 0 radical (unpaired) electrons. The van der Waals surface area contributed by atoms with Crippen LogP contribution in [-0.2, 0) is 30.8 Å². The van der Waals surface area contributed by atoms with Crippen LogP contribution >= 0.6 is 0 Å².